The fourth-order valence-corrected chi connectivity index (χ4v) is 1.64. The second-order valence-corrected chi connectivity index (χ2v) is 3.90. The number of hydrogen-bond donors (Lipinski definition) is 2. The summed E-state index contributed by atoms with van der Waals surface area (Å²) in [6.45, 7) is 2.57. The van der Waals surface area contributed by atoms with Crippen LogP contribution in [0.3, 0.4) is 0 Å². The first-order chi connectivity index (χ1) is 7.27. The Morgan fingerprint density at radius 2 is 2.53 bits per heavy atom. The van der Waals surface area contributed by atoms with Crippen LogP contribution in [-0.2, 0) is 0 Å². The van der Waals surface area contributed by atoms with Crippen molar-refractivity contribution in [3.63, 3.8) is 0 Å². The van der Waals surface area contributed by atoms with Crippen LogP contribution < -0.4 is 11.1 Å². The molecule has 1 atom stereocenters. The molecular formula is C9H16N4OS. The summed E-state index contributed by atoms with van der Waals surface area (Å²) in [5.74, 6) is -0.185. The van der Waals surface area contributed by atoms with Crippen LogP contribution in [0.25, 0.3) is 0 Å². The SMILES string of the molecule is CCCCC(CN)NC(=O)c1cnsn1. The smallest absolute Gasteiger partial charge is 0.272 e. The molecule has 6 heteroatoms. The second-order valence-electron chi connectivity index (χ2n) is 3.34. The van der Waals surface area contributed by atoms with Gasteiger partial charge in [0.2, 0.25) is 0 Å². The zero-order chi connectivity index (χ0) is 11.1. The highest BCUT2D eigenvalue weighted by molar-refractivity contribution is 6.99. The van der Waals surface area contributed by atoms with Crippen LogP contribution in [0.4, 0.5) is 0 Å². The molecule has 0 aliphatic heterocycles. The standard InChI is InChI=1S/C9H16N4OS/c1-2-3-4-7(5-10)12-9(14)8-6-11-15-13-8/h6-7H,2-5,10H2,1H3,(H,12,14). The molecule has 3 N–H and O–H groups in total. The molecule has 1 unspecified atom stereocenters. The van der Waals surface area contributed by atoms with Gasteiger partial charge in [0.15, 0.2) is 5.69 Å². The van der Waals surface area contributed by atoms with Crippen LogP contribution >= 0.6 is 11.7 Å². The molecule has 1 rings (SSSR count). The maximum Gasteiger partial charge on any atom is 0.272 e. The van der Waals surface area contributed by atoms with Crippen LogP contribution in [-0.4, -0.2) is 27.2 Å². The van der Waals surface area contributed by atoms with Crippen LogP contribution in [0.15, 0.2) is 6.20 Å². The summed E-state index contributed by atoms with van der Waals surface area (Å²) in [4.78, 5) is 11.6. The zero-order valence-corrected chi connectivity index (χ0v) is 9.59. The molecule has 0 saturated heterocycles. The molecule has 15 heavy (non-hydrogen) atoms. The number of unbranched alkanes of at least 4 members (excludes halogenated alkanes) is 1. The second kappa shape index (κ2) is 6.47. The summed E-state index contributed by atoms with van der Waals surface area (Å²) < 4.78 is 7.64. The summed E-state index contributed by atoms with van der Waals surface area (Å²) in [5.41, 5.74) is 5.94. The molecule has 0 bridgehead atoms. The lowest BCUT2D eigenvalue weighted by molar-refractivity contribution is 0.0931. The van der Waals surface area contributed by atoms with Crippen molar-refractivity contribution < 1.29 is 4.79 Å². The number of nitrogens with one attached hydrogen (secondary N) is 1. The summed E-state index contributed by atoms with van der Waals surface area (Å²) >= 11 is 1.03. The molecule has 1 heterocycles. The van der Waals surface area contributed by atoms with Crippen molar-refractivity contribution >= 4 is 17.6 Å². The van der Waals surface area contributed by atoms with Gasteiger partial charge in [-0.2, -0.15) is 8.75 Å². The van der Waals surface area contributed by atoms with E-state index < -0.39 is 0 Å². The van der Waals surface area contributed by atoms with E-state index in [4.69, 9.17) is 5.73 Å². The van der Waals surface area contributed by atoms with Crippen LogP contribution in [0.2, 0.25) is 0 Å². The highest BCUT2D eigenvalue weighted by atomic mass is 32.1. The van der Waals surface area contributed by atoms with Gasteiger partial charge < -0.3 is 11.1 Å². The molecular weight excluding hydrogens is 212 g/mol. The first-order valence-electron chi connectivity index (χ1n) is 5.06. The highest BCUT2D eigenvalue weighted by Gasteiger charge is 2.13. The monoisotopic (exact) mass is 228 g/mol. The van der Waals surface area contributed by atoms with Gasteiger partial charge in [-0.15, -0.1) is 0 Å². The molecule has 0 saturated carbocycles. The average molecular weight is 228 g/mol. The number of nitrogens with two attached hydrogens (primary N) is 1. The fraction of sp³-hybridized carbons (Fsp3) is 0.667. The van der Waals surface area contributed by atoms with Gasteiger partial charge >= 0.3 is 0 Å². The van der Waals surface area contributed by atoms with E-state index in [2.05, 4.69) is 21.0 Å². The van der Waals surface area contributed by atoms with Gasteiger partial charge in [0.1, 0.15) is 0 Å². The third-order valence-corrected chi connectivity index (χ3v) is 2.60. The molecule has 84 valence electrons. The Hall–Kier alpha value is -1.01. The third-order valence-electron chi connectivity index (χ3n) is 2.12. The Morgan fingerprint density at radius 1 is 1.73 bits per heavy atom. The van der Waals surface area contributed by atoms with Crippen LogP contribution in [0.5, 0.6) is 0 Å². The van der Waals surface area contributed by atoms with Crippen molar-refractivity contribution in [3.8, 4) is 0 Å². The van der Waals surface area contributed by atoms with Crippen LogP contribution in [0.1, 0.15) is 36.7 Å². The Labute approximate surface area is 93.4 Å². The predicted molar refractivity (Wildman–Crippen MR) is 59.7 cm³/mol. The molecule has 0 aliphatic carbocycles. The number of hydrogen-bond acceptors (Lipinski definition) is 5. The van der Waals surface area contributed by atoms with E-state index in [-0.39, 0.29) is 11.9 Å². The minimum absolute atomic E-state index is 0.0409. The Kier molecular flexibility index (Phi) is 5.20. The van der Waals surface area contributed by atoms with Gasteiger partial charge in [0.05, 0.1) is 17.9 Å². The lowest BCUT2D eigenvalue weighted by Gasteiger charge is -2.15. The molecule has 0 spiro atoms. The minimum Gasteiger partial charge on any atom is -0.347 e. The van der Waals surface area contributed by atoms with Gasteiger partial charge in [0.25, 0.3) is 5.91 Å². The summed E-state index contributed by atoms with van der Waals surface area (Å²) in [5, 5.41) is 2.84. The molecule has 0 radical (unpaired) electrons. The largest absolute Gasteiger partial charge is 0.347 e. The Balaban J connectivity index is 2.41. The predicted octanol–water partition coefficient (Wildman–Crippen LogP) is 0.785. The molecule has 5 nitrogen and oxygen atoms in total. The number of rotatable bonds is 6. The van der Waals surface area contributed by atoms with E-state index in [9.17, 15) is 4.79 Å². The van der Waals surface area contributed by atoms with E-state index in [1.54, 1.807) is 0 Å². The lowest BCUT2D eigenvalue weighted by atomic mass is 10.1. The zero-order valence-electron chi connectivity index (χ0n) is 8.77. The number of aromatic nitrogens is 2. The molecule has 0 fully saturated rings. The molecule has 1 aromatic rings. The highest BCUT2D eigenvalue weighted by Crippen LogP contribution is 2.01. The van der Waals surface area contributed by atoms with Gasteiger partial charge in [-0.05, 0) is 6.42 Å². The molecule has 0 aliphatic rings. The first kappa shape index (κ1) is 12.1. The number of amides is 1. The van der Waals surface area contributed by atoms with E-state index >= 15 is 0 Å². The minimum atomic E-state index is -0.185. The van der Waals surface area contributed by atoms with Crippen molar-refractivity contribution in [2.24, 2.45) is 5.73 Å². The van der Waals surface area contributed by atoms with Gasteiger partial charge in [0, 0.05) is 12.6 Å². The van der Waals surface area contributed by atoms with Crippen molar-refractivity contribution in [2.45, 2.75) is 32.2 Å². The maximum absolute atomic E-state index is 11.6. The van der Waals surface area contributed by atoms with Crippen molar-refractivity contribution in [1.29, 1.82) is 0 Å². The van der Waals surface area contributed by atoms with Crippen LogP contribution in [0, 0.1) is 0 Å². The number of carbonyl (C=O) groups is 1. The van der Waals surface area contributed by atoms with Crippen molar-refractivity contribution in [3.05, 3.63) is 11.9 Å². The summed E-state index contributed by atoms with van der Waals surface area (Å²) in [6, 6.07) is 0.0409. The van der Waals surface area contributed by atoms with Gasteiger partial charge in [-0.1, -0.05) is 19.8 Å². The van der Waals surface area contributed by atoms with E-state index in [1.165, 1.54) is 6.20 Å². The topological polar surface area (TPSA) is 80.9 Å². The van der Waals surface area contributed by atoms with Crippen molar-refractivity contribution in [1.82, 2.24) is 14.1 Å². The number of nitrogens with zero attached hydrogens (tertiary/aromatic N) is 2. The molecule has 1 aromatic heterocycles. The van der Waals surface area contributed by atoms with Gasteiger partial charge in [-0.25, -0.2) is 0 Å². The van der Waals surface area contributed by atoms with Crippen molar-refractivity contribution in [2.75, 3.05) is 6.54 Å². The Morgan fingerprint density at radius 3 is 3.07 bits per heavy atom. The van der Waals surface area contributed by atoms with E-state index in [1.807, 2.05) is 0 Å². The van der Waals surface area contributed by atoms with E-state index in [0.717, 1.165) is 31.0 Å². The quantitative estimate of drug-likeness (QED) is 0.754. The molecule has 0 aromatic carbocycles. The Bertz CT molecular complexity index is 288. The summed E-state index contributed by atoms with van der Waals surface area (Å²) in [7, 11) is 0. The fourth-order valence-electron chi connectivity index (χ4n) is 1.22. The summed E-state index contributed by atoms with van der Waals surface area (Å²) in [6.07, 6.45) is 4.55. The lowest BCUT2D eigenvalue weighted by Crippen LogP contribution is -2.40. The average Bonchev–Trinajstić information content (AvgIpc) is 2.77. The van der Waals surface area contributed by atoms with E-state index in [0.29, 0.717) is 12.2 Å². The first-order valence-corrected chi connectivity index (χ1v) is 5.79. The maximum atomic E-state index is 11.6. The van der Waals surface area contributed by atoms with Gasteiger partial charge in [-0.3, -0.25) is 4.79 Å². The number of carbonyl (C=O) groups excluding carboxylic acids is 1. The normalized spacial score (nSPS) is 12.4. The molecule has 1 amide bonds. The third kappa shape index (κ3) is 3.93.